The summed E-state index contributed by atoms with van der Waals surface area (Å²) in [6, 6.07) is 10.6. The summed E-state index contributed by atoms with van der Waals surface area (Å²) in [5.41, 5.74) is 7.23. The van der Waals surface area contributed by atoms with Gasteiger partial charge in [0.15, 0.2) is 0 Å². The largest absolute Gasteiger partial charge is 0.444 e. The number of ether oxygens (including phenoxy) is 1. The maximum atomic E-state index is 12.6. The Morgan fingerprint density at radius 1 is 1.12 bits per heavy atom. The summed E-state index contributed by atoms with van der Waals surface area (Å²) < 4.78 is 7.88. The van der Waals surface area contributed by atoms with E-state index < -0.39 is 5.60 Å². The van der Waals surface area contributed by atoms with Crippen LogP contribution in [-0.2, 0) is 24.8 Å². The lowest BCUT2D eigenvalue weighted by molar-refractivity contribution is 0.0223. The van der Waals surface area contributed by atoms with Crippen LogP contribution in [0.25, 0.3) is 16.5 Å². The van der Waals surface area contributed by atoms with Gasteiger partial charge in [-0.3, -0.25) is 0 Å². The van der Waals surface area contributed by atoms with Gasteiger partial charge in [-0.1, -0.05) is 12.1 Å². The molecule has 1 aromatic carbocycles. The number of benzene rings is 1. The van der Waals surface area contributed by atoms with Crippen molar-refractivity contribution < 1.29 is 9.53 Å². The van der Waals surface area contributed by atoms with Crippen molar-refractivity contribution in [1.82, 2.24) is 19.7 Å². The second-order valence-corrected chi connectivity index (χ2v) is 10.0. The Balaban J connectivity index is 1.38. The third kappa shape index (κ3) is 4.18. The van der Waals surface area contributed by atoms with E-state index in [4.69, 9.17) is 4.74 Å². The molecule has 34 heavy (non-hydrogen) atoms. The average molecular weight is 458 g/mol. The van der Waals surface area contributed by atoms with Gasteiger partial charge in [-0.05, 0) is 58.0 Å². The smallest absolute Gasteiger partial charge is 0.410 e. The minimum Gasteiger partial charge on any atom is -0.444 e. The second kappa shape index (κ2) is 8.31. The predicted molar refractivity (Wildman–Crippen MR) is 134 cm³/mol. The fraction of sp³-hybridized carbons (Fsp3) is 0.370. The van der Waals surface area contributed by atoms with Crippen LogP contribution in [0.15, 0.2) is 48.7 Å². The average Bonchev–Trinajstić information content (AvgIpc) is 3.09. The molecule has 1 amide bonds. The Kier molecular flexibility index (Phi) is 5.42. The summed E-state index contributed by atoms with van der Waals surface area (Å²) in [6.07, 6.45) is 6.94. The van der Waals surface area contributed by atoms with Gasteiger partial charge in [0.25, 0.3) is 0 Å². The Bertz CT molecular complexity index is 1310. The minimum atomic E-state index is -0.493. The van der Waals surface area contributed by atoms with Crippen LogP contribution < -0.4 is 4.90 Å². The first-order valence-electron chi connectivity index (χ1n) is 11.7. The zero-order valence-corrected chi connectivity index (χ0v) is 20.5. The summed E-state index contributed by atoms with van der Waals surface area (Å²) in [7, 11) is 2.12. The van der Waals surface area contributed by atoms with Gasteiger partial charge in [0.05, 0.1) is 23.4 Å². The molecule has 0 bridgehead atoms. The van der Waals surface area contributed by atoms with Gasteiger partial charge in [0.2, 0.25) is 0 Å². The number of hydrogen-bond donors (Lipinski definition) is 0. The summed E-state index contributed by atoms with van der Waals surface area (Å²) in [5, 5.41) is 9.66. The number of fused-ring (bicyclic) bond motifs is 3. The van der Waals surface area contributed by atoms with Crippen molar-refractivity contribution in [2.75, 3.05) is 18.0 Å². The zero-order valence-electron chi connectivity index (χ0n) is 20.5. The highest BCUT2D eigenvalue weighted by Crippen LogP contribution is 2.34. The molecule has 0 aliphatic carbocycles. The van der Waals surface area contributed by atoms with E-state index in [-0.39, 0.29) is 6.09 Å². The number of rotatable bonds is 2. The molecule has 0 atom stereocenters. The number of nitrogens with zero attached hydrogens (tertiary/aromatic N) is 5. The van der Waals surface area contributed by atoms with Gasteiger partial charge in [0, 0.05) is 60.7 Å². The molecule has 2 aliphatic heterocycles. The summed E-state index contributed by atoms with van der Waals surface area (Å²) in [5.74, 6) is 0. The van der Waals surface area contributed by atoms with E-state index in [0.717, 1.165) is 35.6 Å². The van der Waals surface area contributed by atoms with Crippen LogP contribution >= 0.6 is 0 Å². The van der Waals surface area contributed by atoms with E-state index in [1.54, 1.807) is 0 Å². The molecule has 0 saturated heterocycles. The van der Waals surface area contributed by atoms with Crippen molar-refractivity contribution in [3.8, 4) is 0 Å². The molecule has 2 aliphatic rings. The maximum absolute atomic E-state index is 12.6. The lowest BCUT2D eigenvalue weighted by Gasteiger charge is -2.30. The molecular weight excluding hydrogens is 426 g/mol. The fourth-order valence-corrected chi connectivity index (χ4v) is 4.65. The highest BCUT2D eigenvalue weighted by Gasteiger charge is 2.29. The molecule has 2 aromatic heterocycles. The molecule has 0 unspecified atom stereocenters. The molecule has 0 fully saturated rings. The van der Waals surface area contributed by atoms with Crippen LogP contribution in [-0.4, -0.2) is 44.4 Å². The van der Waals surface area contributed by atoms with E-state index in [2.05, 4.69) is 63.3 Å². The Labute approximate surface area is 200 Å². The van der Waals surface area contributed by atoms with Crippen molar-refractivity contribution in [3.63, 3.8) is 0 Å². The minimum absolute atomic E-state index is 0.244. The van der Waals surface area contributed by atoms with Crippen molar-refractivity contribution in [2.24, 2.45) is 7.05 Å². The van der Waals surface area contributed by atoms with Crippen molar-refractivity contribution in [2.45, 2.75) is 46.3 Å². The topological polar surface area (TPSA) is 63.5 Å². The highest BCUT2D eigenvalue weighted by molar-refractivity contribution is 5.89. The Hall–Kier alpha value is -3.61. The first kappa shape index (κ1) is 22.2. The van der Waals surface area contributed by atoms with Crippen LogP contribution in [0.3, 0.4) is 0 Å². The van der Waals surface area contributed by atoms with Crippen LogP contribution in [0.1, 0.15) is 43.4 Å². The number of hydrogen-bond acceptors (Lipinski definition) is 5. The molecule has 3 aromatic rings. The van der Waals surface area contributed by atoms with E-state index in [9.17, 15) is 4.79 Å². The van der Waals surface area contributed by atoms with E-state index in [1.807, 2.05) is 44.7 Å². The van der Waals surface area contributed by atoms with E-state index >= 15 is 0 Å². The van der Waals surface area contributed by atoms with Crippen molar-refractivity contribution >= 4 is 28.3 Å². The molecule has 0 saturated carbocycles. The van der Waals surface area contributed by atoms with Crippen LogP contribution in [0.5, 0.6) is 0 Å². The number of aromatic nitrogens is 3. The number of allylic oxidation sites excluding steroid dienone is 2. The molecule has 176 valence electrons. The van der Waals surface area contributed by atoms with Crippen molar-refractivity contribution in [1.29, 1.82) is 0 Å². The quantitative estimate of drug-likeness (QED) is 0.543. The van der Waals surface area contributed by atoms with Crippen LogP contribution in [0.4, 0.5) is 10.5 Å². The highest BCUT2D eigenvalue weighted by atomic mass is 16.6. The number of aryl methyl sites for hydroxylation is 2. The monoisotopic (exact) mass is 457 g/mol. The normalized spacial score (nSPS) is 16.0. The first-order valence-corrected chi connectivity index (χ1v) is 11.7. The second-order valence-electron chi connectivity index (χ2n) is 10.0. The summed E-state index contributed by atoms with van der Waals surface area (Å²) in [4.78, 5) is 16.7. The predicted octanol–water partition coefficient (Wildman–Crippen LogP) is 4.99. The van der Waals surface area contributed by atoms with E-state index in [1.165, 1.54) is 22.2 Å². The molecule has 0 N–H and O–H groups in total. The molecular formula is C27H31N5O2. The molecule has 0 spiro atoms. The number of carbonyl (C=O) groups excluding carboxylic acids is 1. The van der Waals surface area contributed by atoms with Crippen molar-refractivity contribution in [3.05, 3.63) is 71.3 Å². The fourth-order valence-electron chi connectivity index (χ4n) is 4.65. The third-order valence-electron chi connectivity index (χ3n) is 6.41. The molecule has 5 rings (SSSR count). The SMILES string of the molecule is Cc1ccc(C2=CCN(c3ccc4c5c(n(C)c4c3)CCN(C(=O)OC(C)(C)C)C5)C=C2)nn1. The van der Waals surface area contributed by atoms with Gasteiger partial charge >= 0.3 is 6.09 Å². The molecule has 7 nitrogen and oxygen atoms in total. The first-order chi connectivity index (χ1) is 16.2. The summed E-state index contributed by atoms with van der Waals surface area (Å²) >= 11 is 0. The Morgan fingerprint density at radius 3 is 2.62 bits per heavy atom. The molecule has 4 heterocycles. The van der Waals surface area contributed by atoms with Gasteiger partial charge < -0.3 is 19.1 Å². The standard InChI is InChI=1S/C27H31N5O2/c1-18-6-9-23(29-28-18)19-10-13-31(14-11-19)20-7-8-21-22-17-32(26(33)34-27(2,3)4)15-12-24(22)30(5)25(21)16-20/h6-11,13,16H,12,14-15,17H2,1-5H3. The maximum Gasteiger partial charge on any atom is 0.410 e. The van der Waals surface area contributed by atoms with Crippen LogP contribution in [0.2, 0.25) is 0 Å². The zero-order chi connectivity index (χ0) is 24.0. The van der Waals surface area contributed by atoms with Crippen LogP contribution in [0, 0.1) is 6.92 Å². The Morgan fingerprint density at radius 2 is 1.94 bits per heavy atom. The number of amides is 1. The van der Waals surface area contributed by atoms with Gasteiger partial charge in [-0.2, -0.15) is 10.2 Å². The van der Waals surface area contributed by atoms with Gasteiger partial charge in [-0.25, -0.2) is 4.79 Å². The third-order valence-corrected chi connectivity index (χ3v) is 6.41. The summed E-state index contributed by atoms with van der Waals surface area (Å²) in [6.45, 7) is 9.67. The van der Waals surface area contributed by atoms with E-state index in [0.29, 0.717) is 13.1 Å². The van der Waals surface area contributed by atoms with Gasteiger partial charge in [0.1, 0.15) is 5.60 Å². The van der Waals surface area contributed by atoms with Gasteiger partial charge in [-0.15, -0.1) is 0 Å². The number of carbonyl (C=O) groups is 1. The molecule has 7 heteroatoms. The lowest BCUT2D eigenvalue weighted by atomic mass is 10.0. The number of anilines is 1. The lowest BCUT2D eigenvalue weighted by Crippen LogP contribution is -2.40. The molecule has 0 radical (unpaired) electrons.